The van der Waals surface area contributed by atoms with Gasteiger partial charge in [-0.3, -0.25) is 0 Å². The highest BCUT2D eigenvalue weighted by atomic mass is 32.2. The molecule has 5 N–H and O–H groups in total. The molecular formula is C29H34N2O9S. The molecule has 0 radical (unpaired) electrons. The van der Waals surface area contributed by atoms with Crippen LogP contribution in [0.25, 0.3) is 0 Å². The lowest BCUT2D eigenvalue weighted by molar-refractivity contribution is -0.133. The molecule has 0 amide bonds. The molecule has 0 fully saturated rings. The van der Waals surface area contributed by atoms with Crippen molar-refractivity contribution >= 4 is 21.8 Å². The summed E-state index contributed by atoms with van der Waals surface area (Å²) in [5.41, 5.74) is 0.137. The Hall–Kier alpha value is -4.13. The Bertz CT molecular complexity index is 1430. The zero-order valence-electron chi connectivity index (χ0n) is 23.0. The van der Waals surface area contributed by atoms with Crippen LogP contribution in [-0.4, -0.2) is 74.3 Å². The van der Waals surface area contributed by atoms with Crippen LogP contribution in [0.4, 0.5) is 0 Å². The van der Waals surface area contributed by atoms with Crippen LogP contribution >= 0.6 is 0 Å². The molecule has 1 aliphatic rings. The zero-order valence-corrected chi connectivity index (χ0v) is 23.8. The number of para-hydroxylation sites is 1. The summed E-state index contributed by atoms with van der Waals surface area (Å²) in [6.45, 7) is 3.90. The number of benzene rings is 2. The van der Waals surface area contributed by atoms with E-state index in [1.807, 2.05) is 18.2 Å². The van der Waals surface area contributed by atoms with Gasteiger partial charge in [-0.2, -0.15) is 0 Å². The number of carbonyl (C=O) groups is 2. The number of hydrogen-bond donors (Lipinski definition) is 5. The molecule has 0 aromatic heterocycles. The molecule has 0 aliphatic carbocycles. The summed E-state index contributed by atoms with van der Waals surface area (Å²) in [7, 11) is -3.70. The summed E-state index contributed by atoms with van der Waals surface area (Å²) in [4.78, 5) is 24.3. The number of carboxylic acid groups (broad SMARTS) is 2. The van der Waals surface area contributed by atoms with Crippen molar-refractivity contribution in [3.05, 3.63) is 88.8 Å². The van der Waals surface area contributed by atoms with Crippen molar-refractivity contribution in [2.75, 3.05) is 32.6 Å². The van der Waals surface area contributed by atoms with Crippen molar-refractivity contribution in [2.45, 2.75) is 30.8 Å². The lowest BCUT2D eigenvalue weighted by atomic mass is 9.80. The number of hydrogen-bond acceptors (Lipinski definition) is 9. The Morgan fingerprint density at radius 2 is 1.63 bits per heavy atom. The summed E-state index contributed by atoms with van der Waals surface area (Å²) >= 11 is 0. The Balaban J connectivity index is 1.72. The lowest BCUT2D eigenvalue weighted by Crippen LogP contribution is -2.31. The van der Waals surface area contributed by atoms with Crippen LogP contribution in [-0.2, 0) is 19.4 Å². The van der Waals surface area contributed by atoms with Gasteiger partial charge < -0.3 is 35.4 Å². The third-order valence-electron chi connectivity index (χ3n) is 6.27. The third-order valence-corrected chi connectivity index (χ3v) is 7.38. The lowest BCUT2D eigenvalue weighted by Gasteiger charge is -2.30. The average Bonchev–Trinajstić information content (AvgIpc) is 2.90. The smallest absolute Gasteiger partial charge is 0.334 e. The van der Waals surface area contributed by atoms with Gasteiger partial charge in [0, 0.05) is 36.3 Å². The van der Waals surface area contributed by atoms with E-state index < -0.39 is 33.8 Å². The molecule has 0 saturated carbocycles. The maximum Gasteiger partial charge on any atom is 0.334 e. The van der Waals surface area contributed by atoms with Crippen LogP contribution in [0.15, 0.2) is 88.1 Å². The quantitative estimate of drug-likeness (QED) is 0.163. The molecule has 41 heavy (non-hydrogen) atoms. The van der Waals surface area contributed by atoms with Crippen molar-refractivity contribution in [1.82, 2.24) is 10.6 Å². The molecule has 3 rings (SSSR count). The highest BCUT2D eigenvalue weighted by molar-refractivity contribution is 7.90. The SMILES string of the molecule is CC1=C(C(=O)O)C(c2cc(S(C)(=O)=O)ccc2OCC=CCNCC(O)COc2ccccc2)C(C(=O)O)=C(C)N1. The molecule has 220 valence electrons. The predicted molar refractivity (Wildman–Crippen MR) is 152 cm³/mol. The van der Waals surface area contributed by atoms with E-state index in [1.165, 1.54) is 32.0 Å². The molecule has 0 bridgehead atoms. The highest BCUT2D eigenvalue weighted by Gasteiger charge is 2.38. The van der Waals surface area contributed by atoms with Crippen molar-refractivity contribution in [2.24, 2.45) is 0 Å². The van der Waals surface area contributed by atoms with Crippen molar-refractivity contribution in [3.8, 4) is 11.5 Å². The van der Waals surface area contributed by atoms with E-state index in [0.29, 0.717) is 12.3 Å². The molecule has 11 nitrogen and oxygen atoms in total. The average molecular weight is 587 g/mol. The fraction of sp³-hybridized carbons (Fsp3) is 0.310. The van der Waals surface area contributed by atoms with Gasteiger partial charge in [-0.05, 0) is 44.2 Å². The van der Waals surface area contributed by atoms with Crippen molar-refractivity contribution in [1.29, 1.82) is 0 Å². The number of aliphatic hydroxyl groups is 1. The van der Waals surface area contributed by atoms with Gasteiger partial charge in [0.15, 0.2) is 9.84 Å². The van der Waals surface area contributed by atoms with E-state index in [9.17, 15) is 33.3 Å². The van der Waals surface area contributed by atoms with Gasteiger partial charge in [0.1, 0.15) is 30.8 Å². The molecule has 1 atom stereocenters. The fourth-order valence-electron chi connectivity index (χ4n) is 4.38. The van der Waals surface area contributed by atoms with Gasteiger partial charge >= 0.3 is 11.9 Å². The summed E-state index contributed by atoms with van der Waals surface area (Å²) < 4.78 is 36.0. The van der Waals surface area contributed by atoms with Crippen LogP contribution < -0.4 is 20.1 Å². The second-order valence-corrected chi connectivity index (χ2v) is 11.5. The number of dihydropyridines is 1. The molecule has 0 spiro atoms. The van der Waals surface area contributed by atoms with Crippen LogP contribution in [0.3, 0.4) is 0 Å². The van der Waals surface area contributed by atoms with Gasteiger partial charge in [0.05, 0.1) is 22.0 Å². The van der Waals surface area contributed by atoms with E-state index in [1.54, 1.807) is 24.3 Å². The molecule has 12 heteroatoms. The minimum absolute atomic E-state index is 0.0355. The first-order valence-corrected chi connectivity index (χ1v) is 14.6. The normalized spacial score (nSPS) is 15.1. The maximum atomic E-state index is 12.3. The number of nitrogens with one attached hydrogen (secondary N) is 2. The number of sulfone groups is 1. The zero-order chi connectivity index (χ0) is 30.2. The molecule has 1 unspecified atom stereocenters. The monoisotopic (exact) mass is 586 g/mol. The first-order valence-electron chi connectivity index (χ1n) is 12.7. The third kappa shape index (κ3) is 8.43. The van der Waals surface area contributed by atoms with E-state index in [0.717, 1.165) is 6.26 Å². The van der Waals surface area contributed by atoms with Gasteiger partial charge in [-0.25, -0.2) is 18.0 Å². The molecular weight excluding hydrogens is 552 g/mol. The Morgan fingerprint density at radius 1 is 1.00 bits per heavy atom. The second-order valence-electron chi connectivity index (χ2n) is 9.44. The molecule has 2 aromatic rings. The highest BCUT2D eigenvalue weighted by Crippen LogP contribution is 2.43. The summed E-state index contributed by atoms with van der Waals surface area (Å²) in [6, 6.07) is 13.1. The minimum atomic E-state index is -3.70. The van der Waals surface area contributed by atoms with Crippen LogP contribution in [0.2, 0.25) is 0 Å². The molecule has 1 aliphatic heterocycles. The first kappa shape index (κ1) is 31.4. The number of ether oxygens (including phenoxy) is 2. The maximum absolute atomic E-state index is 12.3. The second kappa shape index (κ2) is 14.0. The van der Waals surface area contributed by atoms with Gasteiger partial charge in [-0.15, -0.1) is 0 Å². The van der Waals surface area contributed by atoms with Crippen LogP contribution in [0.5, 0.6) is 11.5 Å². The fourth-order valence-corrected chi connectivity index (χ4v) is 5.03. The van der Waals surface area contributed by atoms with E-state index in [-0.39, 0.29) is 58.5 Å². The van der Waals surface area contributed by atoms with E-state index in [2.05, 4.69) is 10.6 Å². The standard InChI is InChI=1S/C29H34N2O9S/c1-18-25(28(33)34)27(26(29(35)36)19(2)31-18)23-15-22(41(3,37)38)11-12-24(23)39-14-8-7-13-30-16-20(32)17-40-21-9-5-4-6-10-21/h4-12,15,20,27,30-32H,13-14,16-17H2,1-3H3,(H,33,34)(H,35,36). The number of carboxylic acids is 2. The topological polar surface area (TPSA) is 171 Å². The van der Waals surface area contributed by atoms with Crippen molar-refractivity contribution in [3.63, 3.8) is 0 Å². The first-order chi connectivity index (χ1) is 19.4. The van der Waals surface area contributed by atoms with Gasteiger partial charge in [-0.1, -0.05) is 30.4 Å². The summed E-state index contributed by atoms with van der Waals surface area (Å²) in [5, 5.41) is 35.9. The van der Waals surface area contributed by atoms with Crippen LogP contribution in [0.1, 0.15) is 25.3 Å². The summed E-state index contributed by atoms with van der Waals surface area (Å²) in [5.74, 6) is -3.16. The number of aliphatic hydroxyl groups excluding tert-OH is 1. The molecule has 0 saturated heterocycles. The van der Waals surface area contributed by atoms with Gasteiger partial charge in [0.25, 0.3) is 0 Å². The van der Waals surface area contributed by atoms with Crippen molar-refractivity contribution < 1.29 is 42.8 Å². The predicted octanol–water partition coefficient (Wildman–Crippen LogP) is 2.46. The largest absolute Gasteiger partial charge is 0.491 e. The van der Waals surface area contributed by atoms with E-state index >= 15 is 0 Å². The van der Waals surface area contributed by atoms with E-state index in [4.69, 9.17) is 9.47 Å². The number of aliphatic carboxylic acids is 2. The summed E-state index contributed by atoms with van der Waals surface area (Å²) in [6.07, 6.45) is 3.74. The van der Waals surface area contributed by atoms with Gasteiger partial charge in [0.2, 0.25) is 0 Å². The Labute approximate surface area is 238 Å². The molecule has 1 heterocycles. The number of rotatable bonds is 14. The molecule has 2 aromatic carbocycles. The van der Waals surface area contributed by atoms with Crippen LogP contribution in [0, 0.1) is 0 Å². The Kier molecular flexibility index (Phi) is 10.7. The Morgan fingerprint density at radius 3 is 2.22 bits per heavy atom. The minimum Gasteiger partial charge on any atom is -0.491 e. The number of allylic oxidation sites excluding steroid dienone is 2.